The van der Waals surface area contributed by atoms with Crippen LogP contribution in [0.15, 0.2) is 0 Å². The van der Waals surface area contributed by atoms with Crippen LogP contribution in [0.5, 0.6) is 0 Å². The minimum atomic E-state index is 0.350. The Hall–Kier alpha value is -0.840. The molecule has 18 aliphatic rings. The second-order valence-corrected chi connectivity index (χ2v) is 45.4. The van der Waals surface area contributed by atoms with Gasteiger partial charge in [0, 0.05) is 285 Å². The van der Waals surface area contributed by atoms with Gasteiger partial charge in [-0.25, -0.2) is 0 Å². The Bertz CT molecular complexity index is 2720. The third-order valence-electron chi connectivity index (χ3n) is 33.6. The molecule has 704 valence electrons. The maximum Gasteiger partial charge on any atom is 0.0805 e. The van der Waals surface area contributed by atoms with Gasteiger partial charge in [-0.15, -0.1) is 0 Å². The lowest BCUT2D eigenvalue weighted by molar-refractivity contribution is -0.164. The number of piperidine rings is 1. The Morgan fingerprint density at radius 2 is 0.658 bits per heavy atom. The van der Waals surface area contributed by atoms with Gasteiger partial charge < -0.3 is 39.0 Å². The first-order valence-electron chi connectivity index (χ1n) is 50.8. The van der Waals surface area contributed by atoms with Crippen LogP contribution >= 0.6 is 0 Å². The van der Waals surface area contributed by atoms with Crippen LogP contribution in [0.25, 0.3) is 0 Å². The molecule has 16 saturated heterocycles. The highest BCUT2D eigenvalue weighted by Crippen LogP contribution is 2.44. The molecule has 18 fully saturated rings. The second-order valence-electron chi connectivity index (χ2n) is 45.4. The van der Waals surface area contributed by atoms with Crippen LogP contribution in [0.3, 0.4) is 0 Å². The summed E-state index contributed by atoms with van der Waals surface area (Å²) in [6, 6.07) is 10.7. The molecule has 21 heteroatoms. The van der Waals surface area contributed by atoms with E-state index in [0.29, 0.717) is 28.7 Å². The highest BCUT2D eigenvalue weighted by Gasteiger charge is 2.51. The fourth-order valence-corrected chi connectivity index (χ4v) is 23.0. The van der Waals surface area contributed by atoms with E-state index in [1.807, 2.05) is 0 Å². The molecule has 7 unspecified atom stereocenters. The van der Waals surface area contributed by atoms with Gasteiger partial charge in [-0.1, -0.05) is 0 Å². The molecule has 7 atom stereocenters. The Kier molecular flexibility index (Phi) is 41.0. The van der Waals surface area contributed by atoms with Crippen molar-refractivity contribution in [2.75, 3.05) is 299 Å². The average Bonchev–Trinajstić information content (AvgIpc) is 1.62. The number of hydrogen-bond donors (Lipinski definition) is 0. The molecule has 0 aromatic carbocycles. The number of piperazine rings is 6. The van der Waals surface area contributed by atoms with E-state index in [4.69, 9.17) is 4.74 Å². The first-order chi connectivity index (χ1) is 56.7. The van der Waals surface area contributed by atoms with Gasteiger partial charge in [0.05, 0.1) is 18.8 Å². The fourth-order valence-electron chi connectivity index (χ4n) is 23.0. The quantitative estimate of drug-likeness (QED) is 0.208. The van der Waals surface area contributed by atoms with Crippen molar-refractivity contribution in [1.82, 2.24) is 98.0 Å². The highest BCUT2D eigenvalue weighted by atomic mass is 16.5. The monoisotopic (exact) mass is 1690 g/mol. The molecule has 0 aromatic rings. The van der Waals surface area contributed by atoms with E-state index in [1.54, 1.807) is 0 Å². The van der Waals surface area contributed by atoms with Crippen LogP contribution in [-0.2, 0) is 4.74 Å². The summed E-state index contributed by atoms with van der Waals surface area (Å²) in [4.78, 5) is 51.2. The molecule has 0 amide bonds. The zero-order chi connectivity index (χ0) is 87.7. The van der Waals surface area contributed by atoms with Crippen molar-refractivity contribution in [2.45, 2.75) is 324 Å². The third-order valence-corrected chi connectivity index (χ3v) is 33.6. The zero-order valence-corrected chi connectivity index (χ0v) is 84.8. The van der Waals surface area contributed by atoms with Gasteiger partial charge in [-0.05, 0) is 341 Å². The lowest BCUT2D eigenvalue weighted by atomic mass is 9.72. The lowest BCUT2D eigenvalue weighted by Gasteiger charge is -2.55. The lowest BCUT2D eigenvalue weighted by Crippen LogP contribution is -2.71. The van der Waals surface area contributed by atoms with Gasteiger partial charge in [0.2, 0.25) is 0 Å². The summed E-state index contributed by atoms with van der Waals surface area (Å²) < 4.78 is 5.35. The molecule has 16 heterocycles. The normalized spacial score (nSPS) is 31.5. The number of likely N-dealkylation sites (N-methyl/N-ethyl adjacent to an activating group) is 6. The van der Waals surface area contributed by atoms with Crippen molar-refractivity contribution < 1.29 is 4.74 Å². The van der Waals surface area contributed by atoms with Crippen molar-refractivity contribution in [3.8, 4) is 0 Å². The van der Waals surface area contributed by atoms with Crippen molar-refractivity contribution in [2.24, 2.45) is 23.2 Å². The van der Waals surface area contributed by atoms with Gasteiger partial charge in [0.15, 0.2) is 0 Å². The summed E-state index contributed by atoms with van der Waals surface area (Å²) in [7, 11) is 18.0. The number of fused-ring (bicyclic) bond motifs is 4. The van der Waals surface area contributed by atoms with E-state index in [0.717, 1.165) is 109 Å². The van der Waals surface area contributed by atoms with Crippen LogP contribution < -0.4 is 0 Å². The summed E-state index contributed by atoms with van der Waals surface area (Å²) in [6.07, 6.45) is 17.0. The van der Waals surface area contributed by atoms with Crippen LogP contribution in [0.4, 0.5) is 0 Å². The molecule has 120 heavy (non-hydrogen) atoms. The van der Waals surface area contributed by atoms with Crippen LogP contribution in [0, 0.1) is 23.2 Å². The molecule has 2 saturated carbocycles. The molecule has 0 N–H and O–H groups in total. The van der Waals surface area contributed by atoms with Gasteiger partial charge in [-0.2, -0.15) is 0 Å². The van der Waals surface area contributed by atoms with Crippen molar-refractivity contribution in [1.29, 1.82) is 0 Å². The molecule has 18 rings (SSSR count). The molecule has 0 aromatic heterocycles. The molecule has 2 aliphatic carbocycles. The highest BCUT2D eigenvalue weighted by molar-refractivity contribution is 5.08. The van der Waals surface area contributed by atoms with Crippen LogP contribution in [0.2, 0.25) is 0 Å². The minimum Gasteiger partial charge on any atom is -0.377 e. The van der Waals surface area contributed by atoms with Crippen LogP contribution in [-0.4, -0.2) is 498 Å². The van der Waals surface area contributed by atoms with E-state index in [1.165, 1.54) is 306 Å². The number of hydrogen-bond acceptors (Lipinski definition) is 21. The maximum absolute atomic E-state index is 5.35. The predicted octanol–water partition coefficient (Wildman–Crippen LogP) is 10.5. The zero-order valence-electron chi connectivity index (χ0n) is 84.8. The van der Waals surface area contributed by atoms with Gasteiger partial charge in [-0.3, -0.25) is 63.7 Å². The summed E-state index contributed by atoms with van der Waals surface area (Å²) in [5.41, 5.74) is 2.24. The van der Waals surface area contributed by atoms with Gasteiger partial charge in [0.1, 0.15) is 0 Å². The van der Waals surface area contributed by atoms with Gasteiger partial charge in [0.25, 0.3) is 0 Å². The molecule has 0 radical (unpaired) electrons. The first kappa shape index (κ1) is 103. The number of rotatable bonds is 10. The Morgan fingerprint density at radius 3 is 1.07 bits per heavy atom. The Balaban J connectivity index is 0.000000152. The van der Waals surface area contributed by atoms with Gasteiger partial charge >= 0.3 is 0 Å². The Labute approximate surface area is 744 Å². The smallest absolute Gasteiger partial charge is 0.0805 e. The average molecular weight is 1690 g/mol. The third kappa shape index (κ3) is 29.3. The van der Waals surface area contributed by atoms with E-state index in [2.05, 4.69) is 300 Å². The number of nitrogens with zero attached hydrogens (tertiary/aromatic N) is 20. The van der Waals surface area contributed by atoms with Crippen LogP contribution in [0.1, 0.15) is 222 Å². The molecule has 4 spiro atoms. The fraction of sp³-hybridized carbons (Fsp3) is 1.00. The van der Waals surface area contributed by atoms with E-state index < -0.39 is 0 Å². The first-order valence-corrected chi connectivity index (χ1v) is 50.8. The number of likely N-dealkylation sites (tertiary alicyclic amines) is 6. The summed E-state index contributed by atoms with van der Waals surface area (Å²) in [5.74, 6) is 2.91. The second kappa shape index (κ2) is 47.8. The van der Waals surface area contributed by atoms with Crippen molar-refractivity contribution in [3.63, 3.8) is 0 Å². The standard InChI is InChI=1S/2C11H22N2.C10H20N2O.4C10H20N2.C9H18N2.2C9H20N2/c1-10(2)13-6-4-11(5-7-13)8-12(3)9-11;1-10(2)13-8-7-12(3)11(9-13)5-4-6-11;1-9(2)12-5-4-11(3)10(6-12)7-13-8-10;1-8(2)12-6-9-4-11(3)5-10(9)7-12;1-8(2)12-6-9-4-5-11(3)10(9)7-12;1-9(2)12-7-6-11(3)10(8-12)4-5-10;1-9(2)12-7-6-11-5-3-4-10(11)8-12;1-8(2)11-6-5-10-4-3-9(10)7-11;1-8(2)11-6-5-10(4)9(3)7-11;1-9(2)11-6-4-5-10(3)7-8-11/h2*10H,4-9H2,1-3H3;9H,4-8H2,1-3H3;2*8-10H,4-7H2,1-3H3;9H,4-8H2,1-3H3;9-10H,3-8H2,1-2H3;8-9H,3-7H2,1-2H3;8-9H,5-7H2,1-4H3;9H,4-8H2,1-3H3. The SMILES string of the molecule is CC(C)N1CC2CCN(C)C2C1.CC(C)N1CC2CN(C)CC2C1.CC(C)N1CCC2(CC1)CN(C)C2.CC(C)N1CCCN(C)CC1.CC(C)N1CCN(C)C2(CC2)C1.CC(C)N1CCN(C)C2(CCC2)C1.CC(C)N1CCN(C)C2(COC2)C1.CC(C)N1CCN2CCC2C1.CC(C)N1CCN2CCCC2C1.CC1CN(C(C)C)CCN1C. The molecular weight excluding hydrogens is 1490 g/mol. The molecule has 16 aliphatic heterocycles. The topological polar surface area (TPSA) is 74.0 Å². The predicted molar refractivity (Wildman–Crippen MR) is 514 cm³/mol. The molecular formula is C99H202N20O. The maximum atomic E-state index is 5.35. The minimum absolute atomic E-state index is 0.350. The molecule has 21 nitrogen and oxygen atoms in total. The van der Waals surface area contributed by atoms with E-state index in [9.17, 15) is 0 Å². The summed E-state index contributed by atoms with van der Waals surface area (Å²) in [6.45, 7) is 95.3. The van der Waals surface area contributed by atoms with E-state index in [-0.39, 0.29) is 0 Å². The Morgan fingerprint density at radius 1 is 0.250 bits per heavy atom. The van der Waals surface area contributed by atoms with E-state index >= 15 is 0 Å². The molecule has 0 bridgehead atoms. The largest absolute Gasteiger partial charge is 0.377 e. The summed E-state index contributed by atoms with van der Waals surface area (Å²) >= 11 is 0. The summed E-state index contributed by atoms with van der Waals surface area (Å²) in [5, 5.41) is 0. The van der Waals surface area contributed by atoms with Crippen molar-refractivity contribution in [3.05, 3.63) is 0 Å². The number of ether oxygens (including phenoxy) is 1. The van der Waals surface area contributed by atoms with Crippen molar-refractivity contribution >= 4 is 0 Å².